The first-order chi connectivity index (χ1) is 17.2. The highest BCUT2D eigenvalue weighted by molar-refractivity contribution is 6.99. The minimum atomic E-state index is -2.61. The maximum Gasteiger partial charge on any atom is 0.265 e. The van der Waals surface area contributed by atoms with Gasteiger partial charge in [-0.1, -0.05) is 81.4 Å². The van der Waals surface area contributed by atoms with Gasteiger partial charge in [-0.3, -0.25) is 4.68 Å². The van der Waals surface area contributed by atoms with Gasteiger partial charge in [-0.15, -0.1) is 0 Å². The normalized spacial score (nSPS) is 18.5. The number of nitrogen functional groups attached to an aromatic ring is 1. The molecule has 2 N–H and O–H groups in total. The lowest BCUT2D eigenvalue weighted by Gasteiger charge is -2.45. The molecular weight excluding hydrogens is 472 g/mol. The van der Waals surface area contributed by atoms with E-state index in [9.17, 15) is 8.78 Å². The first kappa shape index (κ1) is 24.7. The Balaban J connectivity index is 1.35. The van der Waals surface area contributed by atoms with E-state index in [0.717, 1.165) is 18.2 Å². The van der Waals surface area contributed by atoms with Crippen LogP contribution >= 0.6 is 0 Å². The second kappa shape index (κ2) is 9.45. The number of halogens is 2. The molecule has 0 saturated heterocycles. The van der Waals surface area contributed by atoms with Crippen molar-refractivity contribution in [3.8, 4) is 0 Å². The van der Waals surface area contributed by atoms with E-state index in [0.29, 0.717) is 18.0 Å². The van der Waals surface area contributed by atoms with Crippen molar-refractivity contribution in [3.63, 3.8) is 0 Å². The van der Waals surface area contributed by atoms with Crippen LogP contribution in [0, 0.1) is 5.92 Å². The number of anilines is 1. The van der Waals surface area contributed by atoms with Gasteiger partial charge in [0.2, 0.25) is 0 Å². The van der Waals surface area contributed by atoms with Gasteiger partial charge in [0.15, 0.2) is 0 Å². The molecule has 4 aromatic rings. The first-order valence-corrected chi connectivity index (χ1v) is 14.4. The lowest BCUT2D eigenvalue weighted by molar-refractivity contribution is 0.113. The Kier molecular flexibility index (Phi) is 6.47. The number of hydrogen-bond donors (Lipinski definition) is 1. The summed E-state index contributed by atoms with van der Waals surface area (Å²) in [4.78, 5) is 0. The third-order valence-electron chi connectivity index (χ3n) is 7.50. The quantitative estimate of drug-likeness (QED) is 0.244. The summed E-state index contributed by atoms with van der Waals surface area (Å²) in [5.74, 6) is 0.422. The predicted molar refractivity (Wildman–Crippen MR) is 144 cm³/mol. The molecule has 0 amide bonds. The zero-order valence-electron chi connectivity index (χ0n) is 21.0. The van der Waals surface area contributed by atoms with E-state index < -0.39 is 14.7 Å². The summed E-state index contributed by atoms with van der Waals surface area (Å²) in [5, 5.41) is 7.90. The number of aromatic nitrogens is 2. The highest BCUT2D eigenvalue weighted by atomic mass is 28.4. The lowest BCUT2D eigenvalue weighted by atomic mass is 9.81. The fraction of sp³-hybridized carbons (Fsp3) is 0.345. The van der Waals surface area contributed by atoms with Crippen molar-refractivity contribution in [3.05, 3.63) is 84.6 Å². The molecule has 4 nitrogen and oxygen atoms in total. The molecule has 0 aliphatic heterocycles. The number of nitrogens with two attached hydrogens (primary N) is 1. The van der Waals surface area contributed by atoms with E-state index >= 15 is 0 Å². The number of rotatable bonds is 7. The summed E-state index contributed by atoms with van der Waals surface area (Å²) >= 11 is 0. The van der Waals surface area contributed by atoms with Crippen LogP contribution in [0.1, 0.15) is 51.6 Å². The Morgan fingerprint density at radius 1 is 1.00 bits per heavy atom. The van der Waals surface area contributed by atoms with Gasteiger partial charge in [0.05, 0.1) is 11.6 Å². The zero-order chi connectivity index (χ0) is 25.5. The Morgan fingerprint density at radius 2 is 1.58 bits per heavy atom. The van der Waals surface area contributed by atoms with Crippen LogP contribution in [0.4, 0.5) is 14.5 Å². The molecule has 0 radical (unpaired) electrons. The van der Waals surface area contributed by atoms with Crippen molar-refractivity contribution in [1.82, 2.24) is 9.78 Å². The van der Waals surface area contributed by atoms with Crippen LogP contribution in [0.3, 0.4) is 0 Å². The molecule has 1 saturated carbocycles. The Morgan fingerprint density at radius 3 is 2.11 bits per heavy atom. The summed E-state index contributed by atoms with van der Waals surface area (Å²) in [6.45, 7) is 7.55. The van der Waals surface area contributed by atoms with Gasteiger partial charge >= 0.3 is 0 Å². The van der Waals surface area contributed by atoms with E-state index in [4.69, 9.17) is 10.2 Å². The van der Waals surface area contributed by atoms with Gasteiger partial charge in [0, 0.05) is 29.4 Å². The Hall–Kier alpha value is -3.03. The molecule has 36 heavy (non-hydrogen) atoms. The molecule has 0 unspecified atom stereocenters. The monoisotopic (exact) mass is 505 g/mol. The standard InChI is InChI=1S/C29H33F2N3OSi/c1-29(2,3)36(23-10-6-4-7-11-23,24-12-8-5-9-13-24)35-19-20-14-22(15-20)34-18-21-16-26(32)25(28(30)31)17-27(21)33-34/h4-13,16-18,20,22,28H,14-15,19,32H2,1-3H3. The molecule has 3 aromatic carbocycles. The summed E-state index contributed by atoms with van der Waals surface area (Å²) < 4.78 is 35.5. The van der Waals surface area contributed by atoms with Crippen LogP contribution in [-0.2, 0) is 4.43 Å². The predicted octanol–water partition coefficient (Wildman–Crippen LogP) is 6.08. The molecule has 188 valence electrons. The second-order valence-corrected chi connectivity index (χ2v) is 15.2. The van der Waals surface area contributed by atoms with Crippen LogP contribution in [0.25, 0.3) is 10.9 Å². The van der Waals surface area contributed by atoms with E-state index in [1.807, 2.05) is 10.9 Å². The summed E-state index contributed by atoms with van der Waals surface area (Å²) in [6, 6.07) is 24.6. The Labute approximate surface area is 212 Å². The summed E-state index contributed by atoms with van der Waals surface area (Å²) in [6.07, 6.45) is 1.21. The third-order valence-corrected chi connectivity index (χ3v) is 12.5. The molecule has 1 fully saturated rings. The van der Waals surface area contributed by atoms with Crippen LogP contribution in [-0.4, -0.2) is 24.7 Å². The van der Waals surface area contributed by atoms with E-state index in [1.54, 1.807) is 6.07 Å². The fourth-order valence-corrected chi connectivity index (χ4v) is 10.2. The molecule has 0 spiro atoms. The average Bonchev–Trinajstić information content (AvgIpc) is 3.22. The first-order valence-electron chi connectivity index (χ1n) is 12.5. The van der Waals surface area contributed by atoms with E-state index in [1.165, 1.54) is 16.4 Å². The molecule has 0 atom stereocenters. The van der Waals surface area contributed by atoms with Crippen molar-refractivity contribution < 1.29 is 13.2 Å². The highest BCUT2D eigenvalue weighted by Crippen LogP contribution is 2.42. The van der Waals surface area contributed by atoms with Gasteiger partial charge in [-0.05, 0) is 46.3 Å². The maximum absolute atomic E-state index is 13.2. The number of alkyl halides is 2. The smallest absolute Gasteiger partial charge is 0.265 e. The summed E-state index contributed by atoms with van der Waals surface area (Å²) in [5.41, 5.74) is 6.34. The van der Waals surface area contributed by atoms with Crippen molar-refractivity contribution in [2.24, 2.45) is 5.92 Å². The van der Waals surface area contributed by atoms with Crippen LogP contribution < -0.4 is 16.1 Å². The van der Waals surface area contributed by atoms with Gasteiger partial charge in [-0.25, -0.2) is 8.78 Å². The number of hydrogen-bond acceptors (Lipinski definition) is 3. The van der Waals surface area contributed by atoms with Crippen LogP contribution in [0.2, 0.25) is 5.04 Å². The molecule has 1 aliphatic carbocycles. The summed E-state index contributed by atoms with van der Waals surface area (Å²) in [7, 11) is -2.55. The maximum atomic E-state index is 13.2. The second-order valence-electron chi connectivity index (χ2n) is 10.9. The van der Waals surface area contributed by atoms with E-state index in [-0.39, 0.29) is 22.3 Å². The van der Waals surface area contributed by atoms with Gasteiger partial charge in [-0.2, -0.15) is 5.10 Å². The average molecular weight is 506 g/mol. The molecule has 0 bridgehead atoms. The molecule has 1 aliphatic rings. The SMILES string of the molecule is CC(C)(C)[Si](OCC1CC(n2cc3cc(N)c(C(F)F)cc3n2)C1)(c1ccccc1)c1ccccc1. The van der Waals surface area contributed by atoms with Crippen LogP contribution in [0.5, 0.6) is 0 Å². The number of benzene rings is 3. The van der Waals surface area contributed by atoms with Crippen molar-refractivity contribution in [2.75, 3.05) is 12.3 Å². The molecule has 1 aromatic heterocycles. The number of nitrogens with zero attached hydrogens (tertiary/aromatic N) is 2. The molecule has 1 heterocycles. The molecule has 5 rings (SSSR count). The minimum Gasteiger partial charge on any atom is -0.407 e. The van der Waals surface area contributed by atoms with Crippen molar-refractivity contribution in [2.45, 2.75) is 51.1 Å². The third kappa shape index (κ3) is 4.35. The van der Waals surface area contributed by atoms with Crippen molar-refractivity contribution >= 4 is 35.3 Å². The van der Waals surface area contributed by atoms with Gasteiger partial charge in [0.25, 0.3) is 14.7 Å². The van der Waals surface area contributed by atoms with E-state index in [2.05, 4.69) is 86.5 Å². The Bertz CT molecular complexity index is 1290. The lowest BCUT2D eigenvalue weighted by Crippen LogP contribution is -2.67. The minimum absolute atomic E-state index is 0.0547. The topological polar surface area (TPSA) is 53.1 Å². The van der Waals surface area contributed by atoms with Gasteiger partial charge < -0.3 is 10.2 Å². The van der Waals surface area contributed by atoms with Gasteiger partial charge in [0.1, 0.15) is 0 Å². The zero-order valence-corrected chi connectivity index (χ0v) is 22.0. The number of fused-ring (bicyclic) bond motifs is 1. The molecule has 7 heteroatoms. The van der Waals surface area contributed by atoms with Crippen molar-refractivity contribution in [1.29, 1.82) is 0 Å². The highest BCUT2D eigenvalue weighted by Gasteiger charge is 2.50. The fourth-order valence-electron chi connectivity index (χ4n) is 5.56. The van der Waals surface area contributed by atoms with Crippen LogP contribution in [0.15, 0.2) is 79.0 Å². The molecular formula is C29H33F2N3OSi. The largest absolute Gasteiger partial charge is 0.407 e.